The highest BCUT2D eigenvalue weighted by atomic mass is 32.2. The van der Waals surface area contributed by atoms with E-state index >= 15 is 0 Å². The Morgan fingerprint density at radius 2 is 1.72 bits per heavy atom. The lowest BCUT2D eigenvalue weighted by Crippen LogP contribution is -2.47. The van der Waals surface area contributed by atoms with Gasteiger partial charge in [0.1, 0.15) is 11.8 Å². The first kappa shape index (κ1) is 22.2. The van der Waals surface area contributed by atoms with E-state index in [9.17, 15) is 18.0 Å². The van der Waals surface area contributed by atoms with Crippen LogP contribution in [0.2, 0.25) is 0 Å². The molecule has 0 bridgehead atoms. The Morgan fingerprint density at radius 1 is 1.10 bits per heavy atom. The number of nitrogens with zero attached hydrogens (tertiary/aromatic N) is 1. The van der Waals surface area contributed by atoms with Gasteiger partial charge in [0.2, 0.25) is 15.9 Å². The molecule has 0 heterocycles. The number of para-hydroxylation sites is 1. The lowest BCUT2D eigenvalue weighted by Gasteiger charge is -2.30. The minimum atomic E-state index is -3.78. The highest BCUT2D eigenvalue weighted by Gasteiger charge is 2.32. The van der Waals surface area contributed by atoms with Crippen molar-refractivity contribution in [1.82, 2.24) is 0 Å². The molecular formula is C20H25N3O5S. The van der Waals surface area contributed by atoms with E-state index in [-0.39, 0.29) is 17.7 Å². The summed E-state index contributed by atoms with van der Waals surface area (Å²) in [4.78, 5) is 24.6. The van der Waals surface area contributed by atoms with Gasteiger partial charge in [-0.25, -0.2) is 8.42 Å². The van der Waals surface area contributed by atoms with E-state index in [4.69, 9.17) is 10.5 Å². The zero-order valence-electron chi connectivity index (χ0n) is 16.6. The van der Waals surface area contributed by atoms with E-state index in [1.807, 2.05) is 6.92 Å². The Hall–Kier alpha value is -3.07. The molecule has 0 aliphatic rings. The molecule has 3 N–H and O–H groups in total. The van der Waals surface area contributed by atoms with Crippen LogP contribution >= 0.6 is 0 Å². The average Bonchev–Trinajstić information content (AvgIpc) is 2.66. The summed E-state index contributed by atoms with van der Waals surface area (Å²) in [7, 11) is -3.78. The minimum absolute atomic E-state index is 0.141. The molecule has 0 radical (unpaired) electrons. The molecular weight excluding hydrogens is 394 g/mol. The number of hydrogen-bond donors (Lipinski definition) is 2. The van der Waals surface area contributed by atoms with Gasteiger partial charge in [-0.3, -0.25) is 13.9 Å². The molecule has 29 heavy (non-hydrogen) atoms. The molecule has 0 unspecified atom stereocenters. The number of anilines is 2. The maximum absolute atomic E-state index is 13.0. The standard InChI is InChI=1S/C20H25N3O5S/c1-4-18(20(25)22-17-9-7-6-8-16(17)19(21)24)23(29(3,26)27)14-10-12-15(13-11-14)28-5-2/h6-13,18H,4-5H2,1-3H3,(H2,21,24)(H,22,25)/t18-/m0/s1. The van der Waals surface area contributed by atoms with E-state index < -0.39 is 27.9 Å². The molecule has 0 aliphatic carbocycles. The van der Waals surface area contributed by atoms with E-state index in [0.29, 0.717) is 18.0 Å². The van der Waals surface area contributed by atoms with Crippen molar-refractivity contribution >= 4 is 33.2 Å². The fourth-order valence-electron chi connectivity index (χ4n) is 2.94. The van der Waals surface area contributed by atoms with Crippen molar-refractivity contribution in [3.63, 3.8) is 0 Å². The smallest absolute Gasteiger partial charge is 0.250 e. The van der Waals surface area contributed by atoms with Crippen LogP contribution < -0.4 is 20.1 Å². The number of carbonyl (C=O) groups excluding carboxylic acids is 2. The van der Waals surface area contributed by atoms with Crippen molar-refractivity contribution < 1.29 is 22.7 Å². The highest BCUT2D eigenvalue weighted by molar-refractivity contribution is 7.92. The molecule has 2 aromatic rings. The maximum Gasteiger partial charge on any atom is 0.250 e. The summed E-state index contributed by atoms with van der Waals surface area (Å²) in [5.74, 6) is -0.668. The third-order valence-corrected chi connectivity index (χ3v) is 5.36. The summed E-state index contributed by atoms with van der Waals surface area (Å²) in [6.45, 7) is 4.03. The van der Waals surface area contributed by atoms with E-state index in [2.05, 4.69) is 5.32 Å². The first-order valence-electron chi connectivity index (χ1n) is 9.11. The van der Waals surface area contributed by atoms with Crippen molar-refractivity contribution in [2.75, 3.05) is 22.5 Å². The van der Waals surface area contributed by atoms with Crippen molar-refractivity contribution in [2.45, 2.75) is 26.3 Å². The van der Waals surface area contributed by atoms with Crippen LogP contribution in [0.5, 0.6) is 5.75 Å². The van der Waals surface area contributed by atoms with E-state index in [0.717, 1.165) is 10.6 Å². The molecule has 0 fully saturated rings. The van der Waals surface area contributed by atoms with Gasteiger partial charge in [-0.15, -0.1) is 0 Å². The lowest BCUT2D eigenvalue weighted by atomic mass is 10.1. The van der Waals surface area contributed by atoms with E-state index in [1.54, 1.807) is 43.3 Å². The molecule has 1 atom stereocenters. The first-order valence-corrected chi connectivity index (χ1v) is 11.0. The Kier molecular flexibility index (Phi) is 7.22. The number of nitrogens with one attached hydrogen (secondary N) is 1. The second-order valence-electron chi connectivity index (χ2n) is 6.31. The Balaban J connectivity index is 2.39. The minimum Gasteiger partial charge on any atom is -0.494 e. The maximum atomic E-state index is 13.0. The first-order chi connectivity index (χ1) is 13.7. The van der Waals surface area contributed by atoms with Gasteiger partial charge >= 0.3 is 0 Å². The van der Waals surface area contributed by atoms with Crippen LogP contribution in [0, 0.1) is 0 Å². The van der Waals surface area contributed by atoms with Crippen molar-refractivity contribution in [3.05, 3.63) is 54.1 Å². The molecule has 0 spiro atoms. The number of amides is 2. The van der Waals surface area contributed by atoms with Crippen LogP contribution in [0.4, 0.5) is 11.4 Å². The number of hydrogen-bond acceptors (Lipinski definition) is 5. The van der Waals surface area contributed by atoms with Crippen molar-refractivity contribution in [3.8, 4) is 5.75 Å². The van der Waals surface area contributed by atoms with Crippen molar-refractivity contribution in [2.24, 2.45) is 5.73 Å². The molecule has 2 aromatic carbocycles. The zero-order chi connectivity index (χ0) is 21.6. The fourth-order valence-corrected chi connectivity index (χ4v) is 4.15. The van der Waals surface area contributed by atoms with Gasteiger partial charge in [-0.05, 0) is 49.7 Å². The fraction of sp³-hybridized carbons (Fsp3) is 0.300. The van der Waals surface area contributed by atoms with Gasteiger partial charge in [-0.2, -0.15) is 0 Å². The predicted molar refractivity (Wildman–Crippen MR) is 113 cm³/mol. The third-order valence-electron chi connectivity index (χ3n) is 4.18. The number of benzene rings is 2. The van der Waals surface area contributed by atoms with E-state index in [1.165, 1.54) is 12.1 Å². The molecule has 2 amide bonds. The van der Waals surface area contributed by atoms with Crippen LogP contribution in [-0.2, 0) is 14.8 Å². The summed E-state index contributed by atoms with van der Waals surface area (Å²) in [5.41, 5.74) is 6.05. The monoisotopic (exact) mass is 419 g/mol. The summed E-state index contributed by atoms with van der Waals surface area (Å²) in [6.07, 6.45) is 1.25. The Morgan fingerprint density at radius 3 is 2.24 bits per heavy atom. The van der Waals surface area contributed by atoms with Gasteiger partial charge in [0, 0.05) is 0 Å². The predicted octanol–water partition coefficient (Wildman–Crippen LogP) is 2.37. The molecule has 0 aliphatic heterocycles. The summed E-state index contributed by atoms with van der Waals surface area (Å²) < 4.78 is 31.5. The number of primary amides is 1. The number of rotatable bonds is 9. The lowest BCUT2D eigenvalue weighted by molar-refractivity contribution is -0.117. The second kappa shape index (κ2) is 9.42. The van der Waals surface area contributed by atoms with Gasteiger partial charge < -0.3 is 15.8 Å². The van der Waals surface area contributed by atoms with Crippen molar-refractivity contribution in [1.29, 1.82) is 0 Å². The van der Waals surface area contributed by atoms with Gasteiger partial charge in [-0.1, -0.05) is 19.1 Å². The second-order valence-corrected chi connectivity index (χ2v) is 8.17. The molecule has 9 heteroatoms. The molecule has 0 saturated carbocycles. The van der Waals surface area contributed by atoms with Gasteiger partial charge in [0.15, 0.2) is 0 Å². The zero-order valence-corrected chi connectivity index (χ0v) is 17.4. The Labute approximate surface area is 170 Å². The molecule has 2 rings (SSSR count). The topological polar surface area (TPSA) is 119 Å². The largest absolute Gasteiger partial charge is 0.494 e. The summed E-state index contributed by atoms with van der Waals surface area (Å²) >= 11 is 0. The highest BCUT2D eigenvalue weighted by Crippen LogP contribution is 2.26. The van der Waals surface area contributed by atoms with Gasteiger partial charge in [0.25, 0.3) is 5.91 Å². The summed E-state index contributed by atoms with van der Waals surface area (Å²) in [5, 5.41) is 2.63. The van der Waals surface area contributed by atoms with Crippen LogP contribution in [0.1, 0.15) is 30.6 Å². The van der Waals surface area contributed by atoms with Crippen LogP contribution in [0.3, 0.4) is 0 Å². The molecule has 0 aromatic heterocycles. The van der Waals surface area contributed by atoms with Crippen LogP contribution in [-0.4, -0.2) is 39.1 Å². The third kappa shape index (κ3) is 5.47. The number of nitrogens with two attached hydrogens (primary N) is 1. The normalized spacial score (nSPS) is 12.1. The van der Waals surface area contributed by atoms with Crippen LogP contribution in [0.25, 0.3) is 0 Å². The number of sulfonamides is 1. The quantitative estimate of drug-likeness (QED) is 0.647. The molecule has 0 saturated heterocycles. The molecule has 8 nitrogen and oxygen atoms in total. The summed E-state index contributed by atoms with van der Waals surface area (Å²) in [6, 6.07) is 11.7. The Bertz CT molecular complexity index is 974. The molecule has 156 valence electrons. The van der Waals surface area contributed by atoms with Gasteiger partial charge in [0.05, 0.1) is 29.8 Å². The number of carbonyl (C=O) groups is 2. The van der Waals surface area contributed by atoms with Crippen LogP contribution in [0.15, 0.2) is 48.5 Å². The number of ether oxygens (including phenoxy) is 1. The SMILES string of the molecule is CCOc1ccc(N([C@@H](CC)C(=O)Nc2ccccc2C(N)=O)S(C)(=O)=O)cc1. The average molecular weight is 420 g/mol.